The largest absolute Gasteiger partial charge is 0.469 e. The van der Waals surface area contributed by atoms with Crippen molar-refractivity contribution in [3.63, 3.8) is 0 Å². The van der Waals surface area contributed by atoms with Crippen LogP contribution in [-0.2, 0) is 13.0 Å². The topological polar surface area (TPSA) is 72.1 Å². The number of carbonyl (C=O) groups excluding carboxylic acids is 1. The molecule has 2 aromatic rings. The molecule has 108 valence electrons. The van der Waals surface area contributed by atoms with Crippen molar-refractivity contribution in [2.45, 2.75) is 38.9 Å². The first-order chi connectivity index (χ1) is 9.63. The number of hydrogen-bond donors (Lipinski definition) is 2. The van der Waals surface area contributed by atoms with Gasteiger partial charge in [0.15, 0.2) is 0 Å². The molecule has 0 aliphatic heterocycles. The van der Waals surface area contributed by atoms with E-state index in [1.54, 1.807) is 18.8 Å². The van der Waals surface area contributed by atoms with E-state index in [2.05, 4.69) is 15.6 Å². The zero-order valence-electron chi connectivity index (χ0n) is 11.7. The number of carbonyl (C=O) groups is 1. The minimum atomic E-state index is -0.170. The van der Waals surface area contributed by atoms with Gasteiger partial charge in [0, 0.05) is 37.4 Å². The van der Waals surface area contributed by atoms with Crippen molar-refractivity contribution in [2.24, 2.45) is 0 Å². The number of nitrogens with one attached hydrogen (secondary N) is 2. The molecular weight excluding hydrogens is 256 g/mol. The van der Waals surface area contributed by atoms with E-state index in [4.69, 9.17) is 4.42 Å². The molecule has 2 heterocycles. The van der Waals surface area contributed by atoms with E-state index >= 15 is 0 Å². The summed E-state index contributed by atoms with van der Waals surface area (Å²) in [5.74, 6) is 0.865. The Morgan fingerprint density at radius 3 is 2.85 bits per heavy atom. The summed E-state index contributed by atoms with van der Waals surface area (Å²) < 4.78 is 7.18. The average molecular weight is 276 g/mol. The van der Waals surface area contributed by atoms with Crippen molar-refractivity contribution in [1.82, 2.24) is 20.2 Å². The maximum Gasteiger partial charge on any atom is 0.315 e. The van der Waals surface area contributed by atoms with Crippen molar-refractivity contribution in [3.05, 3.63) is 42.9 Å². The minimum Gasteiger partial charge on any atom is -0.469 e. The third-order valence-corrected chi connectivity index (χ3v) is 2.89. The van der Waals surface area contributed by atoms with Gasteiger partial charge < -0.3 is 19.6 Å². The third kappa shape index (κ3) is 4.46. The zero-order valence-corrected chi connectivity index (χ0v) is 11.7. The molecule has 2 amide bonds. The fourth-order valence-corrected chi connectivity index (χ4v) is 2.03. The highest BCUT2D eigenvalue weighted by molar-refractivity contribution is 5.74. The predicted molar refractivity (Wildman–Crippen MR) is 75.2 cm³/mol. The molecule has 0 saturated carbocycles. The van der Waals surface area contributed by atoms with E-state index < -0.39 is 0 Å². The fraction of sp³-hybridized carbons (Fsp3) is 0.429. The highest BCUT2D eigenvalue weighted by Crippen LogP contribution is 2.03. The van der Waals surface area contributed by atoms with Crippen LogP contribution in [0.3, 0.4) is 0 Å². The molecule has 0 fully saturated rings. The summed E-state index contributed by atoms with van der Waals surface area (Å²) in [7, 11) is 0. The predicted octanol–water partition coefficient (Wildman–Crippen LogP) is 1.79. The van der Waals surface area contributed by atoms with E-state index in [0.29, 0.717) is 13.0 Å². The number of imidazole rings is 1. The van der Waals surface area contributed by atoms with Crippen LogP contribution < -0.4 is 10.6 Å². The molecule has 0 saturated heterocycles. The van der Waals surface area contributed by atoms with Crippen LogP contribution in [0.2, 0.25) is 0 Å². The van der Waals surface area contributed by atoms with E-state index in [1.807, 2.05) is 36.7 Å². The SMILES string of the molecule is C[C@H](Cc1ccco1)NC(=O)N[C@@H](C)Cn1ccnc1. The molecule has 0 radical (unpaired) electrons. The lowest BCUT2D eigenvalue weighted by molar-refractivity contribution is 0.233. The van der Waals surface area contributed by atoms with Crippen molar-refractivity contribution < 1.29 is 9.21 Å². The lowest BCUT2D eigenvalue weighted by Gasteiger charge is -2.18. The van der Waals surface area contributed by atoms with E-state index in [0.717, 1.165) is 5.76 Å². The number of furan rings is 1. The molecule has 6 nitrogen and oxygen atoms in total. The van der Waals surface area contributed by atoms with Crippen molar-refractivity contribution in [2.75, 3.05) is 0 Å². The maximum absolute atomic E-state index is 11.8. The van der Waals surface area contributed by atoms with Gasteiger partial charge in [0.25, 0.3) is 0 Å². The second-order valence-corrected chi connectivity index (χ2v) is 4.96. The van der Waals surface area contributed by atoms with Crippen LogP contribution in [0.25, 0.3) is 0 Å². The van der Waals surface area contributed by atoms with Crippen LogP contribution in [0.1, 0.15) is 19.6 Å². The molecule has 0 spiro atoms. The van der Waals surface area contributed by atoms with Gasteiger partial charge in [0.05, 0.1) is 12.6 Å². The van der Waals surface area contributed by atoms with Crippen LogP contribution in [0.15, 0.2) is 41.5 Å². The van der Waals surface area contributed by atoms with Crippen LogP contribution in [0.5, 0.6) is 0 Å². The summed E-state index contributed by atoms with van der Waals surface area (Å²) in [6.07, 6.45) is 7.63. The Kier molecular flexibility index (Phi) is 4.81. The lowest BCUT2D eigenvalue weighted by Crippen LogP contribution is -2.46. The Morgan fingerprint density at radius 1 is 1.40 bits per heavy atom. The third-order valence-electron chi connectivity index (χ3n) is 2.89. The zero-order chi connectivity index (χ0) is 14.4. The second kappa shape index (κ2) is 6.79. The molecule has 2 aromatic heterocycles. The van der Waals surface area contributed by atoms with Gasteiger partial charge in [0.1, 0.15) is 5.76 Å². The summed E-state index contributed by atoms with van der Waals surface area (Å²) in [5, 5.41) is 5.79. The number of rotatable bonds is 6. The van der Waals surface area contributed by atoms with Gasteiger partial charge >= 0.3 is 6.03 Å². The van der Waals surface area contributed by atoms with Crippen LogP contribution in [0.4, 0.5) is 4.79 Å². The van der Waals surface area contributed by atoms with Gasteiger partial charge in [-0.05, 0) is 26.0 Å². The molecule has 2 atom stereocenters. The Balaban J connectivity index is 1.71. The summed E-state index contributed by atoms with van der Waals surface area (Å²) >= 11 is 0. The smallest absolute Gasteiger partial charge is 0.315 e. The normalized spacial score (nSPS) is 13.7. The summed E-state index contributed by atoms with van der Waals surface area (Å²) in [6, 6.07) is 3.62. The summed E-state index contributed by atoms with van der Waals surface area (Å²) in [4.78, 5) is 15.8. The maximum atomic E-state index is 11.8. The molecule has 0 aromatic carbocycles. The first kappa shape index (κ1) is 14.2. The monoisotopic (exact) mass is 276 g/mol. The Bertz CT molecular complexity index is 461. The average Bonchev–Trinajstić information content (AvgIpc) is 3.01. The van der Waals surface area contributed by atoms with Crippen molar-refractivity contribution in [1.29, 1.82) is 0 Å². The number of amides is 2. The van der Waals surface area contributed by atoms with Gasteiger partial charge in [-0.2, -0.15) is 0 Å². The lowest BCUT2D eigenvalue weighted by atomic mass is 10.2. The van der Waals surface area contributed by atoms with Gasteiger partial charge in [-0.15, -0.1) is 0 Å². The Morgan fingerprint density at radius 2 is 2.20 bits per heavy atom. The molecule has 6 heteroatoms. The Hall–Kier alpha value is -2.24. The fourth-order valence-electron chi connectivity index (χ4n) is 2.03. The van der Waals surface area contributed by atoms with Crippen molar-refractivity contribution in [3.8, 4) is 0 Å². The molecule has 20 heavy (non-hydrogen) atoms. The first-order valence-electron chi connectivity index (χ1n) is 6.68. The molecule has 0 unspecified atom stereocenters. The van der Waals surface area contributed by atoms with E-state index in [-0.39, 0.29) is 18.1 Å². The highest BCUT2D eigenvalue weighted by Gasteiger charge is 2.12. The van der Waals surface area contributed by atoms with Crippen molar-refractivity contribution >= 4 is 6.03 Å². The highest BCUT2D eigenvalue weighted by atomic mass is 16.3. The summed E-state index contributed by atoms with van der Waals surface area (Å²) in [5.41, 5.74) is 0. The van der Waals surface area contributed by atoms with Crippen LogP contribution in [-0.4, -0.2) is 27.7 Å². The first-order valence-corrected chi connectivity index (χ1v) is 6.68. The standard InChI is InChI=1S/C14H20N4O2/c1-11(8-13-4-3-7-20-13)16-14(19)17-12(2)9-18-6-5-15-10-18/h3-7,10-12H,8-9H2,1-2H3,(H2,16,17,19)/t11-,12+/m1/s1. The number of urea groups is 1. The summed E-state index contributed by atoms with van der Waals surface area (Å²) in [6.45, 7) is 4.60. The van der Waals surface area contributed by atoms with Gasteiger partial charge in [-0.3, -0.25) is 0 Å². The minimum absolute atomic E-state index is 0.0154. The van der Waals surface area contributed by atoms with Gasteiger partial charge in [0.2, 0.25) is 0 Å². The van der Waals surface area contributed by atoms with Crippen LogP contribution >= 0.6 is 0 Å². The molecule has 0 aliphatic rings. The van der Waals surface area contributed by atoms with E-state index in [9.17, 15) is 4.79 Å². The Labute approximate surface area is 118 Å². The second-order valence-electron chi connectivity index (χ2n) is 4.96. The molecule has 0 bridgehead atoms. The quantitative estimate of drug-likeness (QED) is 0.845. The molecule has 2 N–H and O–H groups in total. The molecular formula is C14H20N4O2. The molecule has 2 rings (SSSR count). The number of aromatic nitrogens is 2. The van der Waals surface area contributed by atoms with Gasteiger partial charge in [-0.1, -0.05) is 0 Å². The number of nitrogens with zero attached hydrogens (tertiary/aromatic N) is 2. The van der Waals surface area contributed by atoms with Crippen LogP contribution in [0, 0.1) is 0 Å². The molecule has 0 aliphatic carbocycles. The number of hydrogen-bond acceptors (Lipinski definition) is 3. The van der Waals surface area contributed by atoms with E-state index in [1.165, 1.54) is 0 Å². The van der Waals surface area contributed by atoms with Gasteiger partial charge in [-0.25, -0.2) is 9.78 Å².